The Balaban J connectivity index is 1.73. The zero-order valence-corrected chi connectivity index (χ0v) is 15.6. The molecule has 0 aliphatic heterocycles. The van der Waals surface area contributed by atoms with Crippen molar-refractivity contribution in [3.63, 3.8) is 0 Å². The van der Waals surface area contributed by atoms with Gasteiger partial charge in [0.25, 0.3) is 0 Å². The van der Waals surface area contributed by atoms with Crippen LogP contribution in [0.15, 0.2) is 72.8 Å². The number of halogens is 1. The third-order valence-corrected chi connectivity index (χ3v) is 5.37. The molecule has 0 spiro atoms. The van der Waals surface area contributed by atoms with E-state index < -0.39 is 12.1 Å². The number of hydrogen-bond acceptors (Lipinski definition) is 4. The number of hydrogen-bond donors (Lipinski definition) is 1. The van der Waals surface area contributed by atoms with E-state index in [4.69, 9.17) is 16.3 Å². The molecule has 0 amide bonds. The Bertz CT molecular complexity index is 1070. The van der Waals surface area contributed by atoms with Crippen LogP contribution in [-0.2, 0) is 4.79 Å². The van der Waals surface area contributed by atoms with E-state index in [0.717, 1.165) is 20.8 Å². The molecular formula is C21H14ClNO3S. The Morgan fingerprint density at radius 2 is 1.70 bits per heavy atom. The van der Waals surface area contributed by atoms with Crippen LogP contribution in [0.1, 0.15) is 11.7 Å². The number of carbonyl (C=O) groups is 1. The molecule has 6 heteroatoms. The fourth-order valence-corrected chi connectivity index (χ4v) is 3.88. The van der Waals surface area contributed by atoms with E-state index in [9.17, 15) is 9.90 Å². The molecule has 27 heavy (non-hydrogen) atoms. The number of rotatable bonds is 5. The first-order chi connectivity index (χ1) is 13.1. The van der Waals surface area contributed by atoms with Crippen molar-refractivity contribution in [2.45, 2.75) is 6.10 Å². The smallest absolute Gasteiger partial charge is 0.349 e. The summed E-state index contributed by atoms with van der Waals surface area (Å²) < 4.78 is 6.97. The van der Waals surface area contributed by atoms with Crippen molar-refractivity contribution in [2.24, 2.45) is 0 Å². The molecule has 0 bridgehead atoms. The second-order valence-electron chi connectivity index (χ2n) is 5.87. The topological polar surface area (TPSA) is 59.4 Å². The van der Waals surface area contributed by atoms with Crippen molar-refractivity contribution in [3.8, 4) is 16.3 Å². The van der Waals surface area contributed by atoms with Crippen molar-refractivity contribution in [1.82, 2.24) is 4.98 Å². The van der Waals surface area contributed by atoms with Crippen molar-refractivity contribution in [3.05, 3.63) is 83.4 Å². The minimum atomic E-state index is -1.14. The van der Waals surface area contributed by atoms with Gasteiger partial charge in [-0.15, -0.1) is 11.3 Å². The van der Waals surface area contributed by atoms with Gasteiger partial charge in [0.1, 0.15) is 10.8 Å². The molecule has 0 saturated heterocycles. The minimum absolute atomic E-state index is 0.471. The summed E-state index contributed by atoms with van der Waals surface area (Å²) >= 11 is 7.45. The molecule has 1 atom stereocenters. The fraction of sp³-hybridized carbons (Fsp3) is 0.0476. The molecule has 1 N–H and O–H groups in total. The highest BCUT2D eigenvalue weighted by Crippen LogP contribution is 2.37. The van der Waals surface area contributed by atoms with Crippen LogP contribution in [-0.4, -0.2) is 16.1 Å². The van der Waals surface area contributed by atoms with Gasteiger partial charge < -0.3 is 9.84 Å². The molecular weight excluding hydrogens is 382 g/mol. The Morgan fingerprint density at radius 3 is 2.44 bits per heavy atom. The average molecular weight is 396 g/mol. The van der Waals surface area contributed by atoms with Gasteiger partial charge in [0.2, 0.25) is 6.10 Å². The van der Waals surface area contributed by atoms with Crippen molar-refractivity contribution in [1.29, 1.82) is 0 Å². The van der Waals surface area contributed by atoms with E-state index in [-0.39, 0.29) is 0 Å². The summed E-state index contributed by atoms with van der Waals surface area (Å²) in [5.41, 5.74) is 2.18. The molecule has 0 aliphatic carbocycles. The van der Waals surface area contributed by atoms with Gasteiger partial charge in [-0.3, -0.25) is 0 Å². The van der Waals surface area contributed by atoms with Crippen LogP contribution >= 0.6 is 22.9 Å². The van der Waals surface area contributed by atoms with Gasteiger partial charge in [0.15, 0.2) is 0 Å². The van der Waals surface area contributed by atoms with Gasteiger partial charge in [0, 0.05) is 10.6 Å². The lowest BCUT2D eigenvalue weighted by Crippen LogP contribution is -2.18. The third kappa shape index (κ3) is 3.65. The van der Waals surface area contributed by atoms with Crippen molar-refractivity contribution >= 4 is 39.1 Å². The van der Waals surface area contributed by atoms with E-state index in [1.165, 1.54) is 0 Å². The number of benzene rings is 3. The second-order valence-corrected chi connectivity index (χ2v) is 7.34. The molecule has 0 radical (unpaired) electrons. The average Bonchev–Trinajstić information content (AvgIpc) is 3.11. The van der Waals surface area contributed by atoms with E-state index in [2.05, 4.69) is 4.98 Å². The normalized spacial score (nSPS) is 12.0. The van der Waals surface area contributed by atoms with Crippen LogP contribution in [0.4, 0.5) is 0 Å². The molecule has 0 fully saturated rings. The van der Waals surface area contributed by atoms with Gasteiger partial charge in [-0.1, -0.05) is 48.0 Å². The summed E-state index contributed by atoms with van der Waals surface area (Å²) in [7, 11) is 0. The third-order valence-electron chi connectivity index (χ3n) is 4.05. The van der Waals surface area contributed by atoms with Crippen LogP contribution in [0.5, 0.6) is 5.75 Å². The molecule has 0 saturated carbocycles. The summed E-state index contributed by atoms with van der Waals surface area (Å²) in [4.78, 5) is 16.5. The van der Waals surface area contributed by atoms with Crippen LogP contribution < -0.4 is 4.74 Å². The maximum Gasteiger partial charge on any atom is 0.349 e. The number of aromatic nitrogens is 1. The number of aliphatic carboxylic acids is 1. The predicted molar refractivity (Wildman–Crippen MR) is 108 cm³/mol. The molecule has 4 nitrogen and oxygen atoms in total. The molecule has 1 aromatic heterocycles. The molecule has 1 heterocycles. The Morgan fingerprint density at radius 1 is 1.00 bits per heavy atom. The largest absolute Gasteiger partial charge is 0.478 e. The highest BCUT2D eigenvalue weighted by atomic mass is 35.5. The van der Waals surface area contributed by atoms with Crippen molar-refractivity contribution in [2.75, 3.05) is 0 Å². The summed E-state index contributed by atoms with van der Waals surface area (Å²) in [5.74, 6) is -0.602. The summed E-state index contributed by atoms with van der Waals surface area (Å²) in [6.45, 7) is 0. The number of carboxylic acids is 1. The lowest BCUT2D eigenvalue weighted by molar-refractivity contribution is -0.145. The number of nitrogens with zero attached hydrogens (tertiary/aromatic N) is 1. The van der Waals surface area contributed by atoms with Crippen LogP contribution in [0.2, 0.25) is 5.02 Å². The number of thiazole rings is 1. The first kappa shape index (κ1) is 17.5. The summed E-state index contributed by atoms with van der Waals surface area (Å²) in [5, 5.41) is 11.0. The van der Waals surface area contributed by atoms with Crippen LogP contribution in [0.3, 0.4) is 0 Å². The molecule has 134 valence electrons. The predicted octanol–water partition coefficient (Wildman–Crippen LogP) is 5.82. The number of carboxylic acid groups (broad SMARTS) is 1. The first-order valence-corrected chi connectivity index (χ1v) is 9.41. The molecule has 4 aromatic rings. The summed E-state index contributed by atoms with van der Waals surface area (Å²) in [6.07, 6.45) is -1.14. The zero-order valence-electron chi connectivity index (χ0n) is 14.0. The zero-order chi connectivity index (χ0) is 18.8. The number of fused-ring (bicyclic) bond motifs is 1. The standard InChI is InChI=1S/C21H14ClNO3S/c22-14-11-9-13(10-12-14)19(21(24)25)26-17-7-3-1-5-15(17)20-23-16-6-2-4-8-18(16)27-20/h1-12,19H,(H,24,25). The Kier molecular flexibility index (Phi) is 4.79. The van der Waals surface area contributed by atoms with E-state index in [1.807, 2.05) is 42.5 Å². The molecule has 1 unspecified atom stereocenters. The monoisotopic (exact) mass is 395 g/mol. The summed E-state index contributed by atoms with van der Waals surface area (Å²) in [6, 6.07) is 21.8. The maximum absolute atomic E-state index is 11.8. The molecule has 3 aromatic carbocycles. The van der Waals surface area contributed by atoms with Gasteiger partial charge in [-0.2, -0.15) is 0 Å². The lowest BCUT2D eigenvalue weighted by Gasteiger charge is -2.17. The Hall–Kier alpha value is -2.89. The van der Waals surface area contributed by atoms with E-state index >= 15 is 0 Å². The first-order valence-electron chi connectivity index (χ1n) is 8.22. The van der Waals surface area contributed by atoms with Crippen LogP contribution in [0, 0.1) is 0 Å². The van der Waals surface area contributed by atoms with E-state index in [0.29, 0.717) is 16.3 Å². The quantitative estimate of drug-likeness (QED) is 0.462. The fourth-order valence-electron chi connectivity index (χ4n) is 2.76. The maximum atomic E-state index is 11.8. The van der Waals surface area contributed by atoms with E-state index in [1.54, 1.807) is 41.7 Å². The number of ether oxygens (including phenoxy) is 1. The lowest BCUT2D eigenvalue weighted by atomic mass is 10.1. The van der Waals surface area contributed by atoms with Gasteiger partial charge in [0.05, 0.1) is 15.8 Å². The van der Waals surface area contributed by atoms with Gasteiger partial charge >= 0.3 is 5.97 Å². The second kappa shape index (κ2) is 7.39. The molecule has 0 aliphatic rings. The van der Waals surface area contributed by atoms with Gasteiger partial charge in [-0.25, -0.2) is 9.78 Å². The van der Waals surface area contributed by atoms with Gasteiger partial charge in [-0.05, 0) is 36.4 Å². The Labute approximate surface area is 164 Å². The van der Waals surface area contributed by atoms with Crippen LogP contribution in [0.25, 0.3) is 20.8 Å². The minimum Gasteiger partial charge on any atom is -0.478 e. The SMILES string of the molecule is O=C(O)C(Oc1ccccc1-c1nc2ccccc2s1)c1ccc(Cl)cc1. The highest BCUT2D eigenvalue weighted by molar-refractivity contribution is 7.21. The number of para-hydroxylation sites is 2. The van der Waals surface area contributed by atoms with Crippen molar-refractivity contribution < 1.29 is 14.6 Å². The highest BCUT2D eigenvalue weighted by Gasteiger charge is 2.24. The molecule has 4 rings (SSSR count).